The molecule has 3 heterocycles. The minimum Gasteiger partial charge on any atom is -0.437 e. The number of fused-ring (bicyclic) bond motifs is 1. The molecule has 7 heteroatoms. The third-order valence-electron chi connectivity index (χ3n) is 6.61. The van der Waals surface area contributed by atoms with Crippen LogP contribution >= 0.6 is 11.6 Å². The number of aromatic nitrogens is 2. The molecule has 2 aliphatic rings. The summed E-state index contributed by atoms with van der Waals surface area (Å²) in [5.41, 5.74) is 9.02. The maximum Gasteiger partial charge on any atom is 0.248 e. The summed E-state index contributed by atoms with van der Waals surface area (Å²) < 4.78 is 8.13. The molecule has 1 saturated carbocycles. The van der Waals surface area contributed by atoms with Crippen molar-refractivity contribution in [3.8, 4) is 11.6 Å². The lowest BCUT2D eigenvalue weighted by Crippen LogP contribution is -2.37. The summed E-state index contributed by atoms with van der Waals surface area (Å²) in [6.45, 7) is 6.40. The van der Waals surface area contributed by atoms with Crippen LogP contribution in [-0.4, -0.2) is 28.1 Å². The SMILES string of the molecule is C=C(C)c1ccc(C[C@@H]2CONC(c3cc4cccn4nc3Oc3cccc(C4CC4)c3)=N2)c(Cl)c1. The van der Waals surface area contributed by atoms with E-state index in [-0.39, 0.29) is 6.04 Å². The Bertz CT molecular complexity index is 1490. The smallest absolute Gasteiger partial charge is 0.248 e. The minimum atomic E-state index is -0.108. The van der Waals surface area contributed by atoms with Gasteiger partial charge in [0.2, 0.25) is 5.88 Å². The molecule has 1 N–H and O–H groups in total. The average molecular weight is 499 g/mol. The highest BCUT2D eigenvalue weighted by atomic mass is 35.5. The number of hydrogen-bond acceptors (Lipinski definition) is 5. The second-order valence-electron chi connectivity index (χ2n) is 9.52. The van der Waals surface area contributed by atoms with Crippen LogP contribution in [0, 0.1) is 0 Å². The minimum absolute atomic E-state index is 0.108. The number of nitrogens with zero attached hydrogens (tertiary/aromatic N) is 3. The summed E-state index contributed by atoms with van der Waals surface area (Å²) in [7, 11) is 0. The number of hydroxylamine groups is 1. The number of allylic oxidation sites excluding steroid dienone is 1. The summed E-state index contributed by atoms with van der Waals surface area (Å²) in [4.78, 5) is 10.7. The number of halogens is 1. The van der Waals surface area contributed by atoms with Crippen LogP contribution in [-0.2, 0) is 11.3 Å². The van der Waals surface area contributed by atoms with E-state index in [1.165, 1.54) is 18.4 Å². The highest BCUT2D eigenvalue weighted by Gasteiger charge is 2.25. The van der Waals surface area contributed by atoms with E-state index in [1.54, 1.807) is 4.52 Å². The molecule has 0 amide bonds. The van der Waals surface area contributed by atoms with Crippen molar-refractivity contribution in [3.05, 3.63) is 101 Å². The first-order chi connectivity index (χ1) is 17.5. The van der Waals surface area contributed by atoms with Gasteiger partial charge in [0, 0.05) is 11.2 Å². The largest absolute Gasteiger partial charge is 0.437 e. The zero-order valence-corrected chi connectivity index (χ0v) is 20.8. The molecule has 1 atom stereocenters. The van der Waals surface area contributed by atoms with Crippen LogP contribution in [0.15, 0.2) is 78.4 Å². The molecule has 2 aromatic carbocycles. The van der Waals surface area contributed by atoms with E-state index in [0.717, 1.165) is 33.5 Å². The van der Waals surface area contributed by atoms with E-state index < -0.39 is 0 Å². The van der Waals surface area contributed by atoms with Crippen molar-refractivity contribution >= 4 is 28.5 Å². The van der Waals surface area contributed by atoms with Crippen LogP contribution < -0.4 is 10.2 Å². The van der Waals surface area contributed by atoms with Crippen LogP contribution in [0.5, 0.6) is 11.6 Å². The molecule has 4 aromatic rings. The van der Waals surface area contributed by atoms with Crippen LogP contribution in [0.4, 0.5) is 0 Å². The van der Waals surface area contributed by atoms with E-state index >= 15 is 0 Å². The van der Waals surface area contributed by atoms with Gasteiger partial charge in [0.05, 0.1) is 23.7 Å². The highest BCUT2D eigenvalue weighted by molar-refractivity contribution is 6.31. The van der Waals surface area contributed by atoms with Crippen molar-refractivity contribution in [2.75, 3.05) is 6.61 Å². The Morgan fingerprint density at radius 1 is 1.17 bits per heavy atom. The predicted molar refractivity (Wildman–Crippen MR) is 143 cm³/mol. The lowest BCUT2D eigenvalue weighted by molar-refractivity contribution is 0.0623. The van der Waals surface area contributed by atoms with E-state index in [4.69, 9.17) is 31.3 Å². The molecule has 0 bridgehead atoms. The van der Waals surface area contributed by atoms with Crippen molar-refractivity contribution < 1.29 is 9.57 Å². The molecular weight excluding hydrogens is 472 g/mol. The topological polar surface area (TPSA) is 60.2 Å². The first-order valence-corrected chi connectivity index (χ1v) is 12.6. The van der Waals surface area contributed by atoms with E-state index in [1.807, 2.05) is 61.7 Å². The highest BCUT2D eigenvalue weighted by Crippen LogP contribution is 2.41. The molecule has 1 fully saturated rings. The van der Waals surface area contributed by atoms with Gasteiger partial charge in [-0.1, -0.05) is 48.0 Å². The third kappa shape index (κ3) is 4.74. The van der Waals surface area contributed by atoms with Gasteiger partial charge in [-0.25, -0.2) is 10.00 Å². The van der Waals surface area contributed by atoms with Crippen LogP contribution in [0.25, 0.3) is 11.1 Å². The van der Waals surface area contributed by atoms with Crippen LogP contribution in [0.1, 0.15) is 47.9 Å². The van der Waals surface area contributed by atoms with Gasteiger partial charge in [-0.3, -0.25) is 9.83 Å². The van der Waals surface area contributed by atoms with Crippen LogP contribution in [0.3, 0.4) is 0 Å². The summed E-state index contributed by atoms with van der Waals surface area (Å²) in [5.74, 6) is 2.46. The summed E-state index contributed by atoms with van der Waals surface area (Å²) in [6.07, 6.45) is 5.03. The number of nitrogens with one attached hydrogen (secondary N) is 1. The Balaban J connectivity index is 1.32. The number of hydrogen-bond donors (Lipinski definition) is 1. The van der Waals surface area contributed by atoms with Crippen molar-refractivity contribution in [1.29, 1.82) is 0 Å². The van der Waals surface area contributed by atoms with Crippen molar-refractivity contribution in [3.63, 3.8) is 0 Å². The van der Waals surface area contributed by atoms with Gasteiger partial charge >= 0.3 is 0 Å². The van der Waals surface area contributed by atoms with Crippen molar-refractivity contribution in [2.45, 2.75) is 38.1 Å². The Labute approximate surface area is 215 Å². The van der Waals surface area contributed by atoms with Gasteiger partial charge in [-0.15, -0.1) is 5.10 Å². The molecule has 6 rings (SSSR count). The Morgan fingerprint density at radius 3 is 2.86 bits per heavy atom. The molecule has 1 aliphatic heterocycles. The Hall–Kier alpha value is -3.61. The zero-order chi connectivity index (χ0) is 24.6. The molecular formula is C29H27ClN4O2. The fourth-order valence-corrected chi connectivity index (χ4v) is 4.73. The molecule has 0 spiro atoms. The number of amidine groups is 1. The normalized spacial score (nSPS) is 17.5. The molecule has 2 aromatic heterocycles. The van der Waals surface area contributed by atoms with Crippen LogP contribution in [0.2, 0.25) is 5.02 Å². The van der Waals surface area contributed by atoms with E-state index in [0.29, 0.717) is 35.7 Å². The van der Waals surface area contributed by atoms with Gasteiger partial charge < -0.3 is 4.74 Å². The monoisotopic (exact) mass is 498 g/mol. The molecule has 182 valence electrons. The predicted octanol–water partition coefficient (Wildman–Crippen LogP) is 6.58. The first-order valence-electron chi connectivity index (χ1n) is 12.2. The molecule has 1 aliphatic carbocycles. The zero-order valence-electron chi connectivity index (χ0n) is 20.1. The van der Waals surface area contributed by atoms with Gasteiger partial charge in [-0.05, 0) is 85.2 Å². The fourth-order valence-electron chi connectivity index (χ4n) is 4.47. The molecule has 36 heavy (non-hydrogen) atoms. The summed E-state index contributed by atoms with van der Waals surface area (Å²) in [5, 5.41) is 5.44. The average Bonchev–Trinajstić information content (AvgIpc) is 3.63. The number of benzene rings is 2. The number of aliphatic imine (C=N–C) groups is 1. The van der Waals surface area contributed by atoms with Crippen molar-refractivity contribution in [2.24, 2.45) is 4.99 Å². The molecule has 0 radical (unpaired) electrons. The second kappa shape index (κ2) is 9.45. The fraction of sp³-hybridized carbons (Fsp3) is 0.241. The third-order valence-corrected chi connectivity index (χ3v) is 6.97. The quantitative estimate of drug-likeness (QED) is 0.312. The molecule has 0 saturated heterocycles. The molecule has 6 nitrogen and oxygen atoms in total. The lowest BCUT2D eigenvalue weighted by Gasteiger charge is -2.23. The van der Waals surface area contributed by atoms with Gasteiger partial charge in [0.15, 0.2) is 5.84 Å². The van der Waals surface area contributed by atoms with Crippen molar-refractivity contribution in [1.82, 2.24) is 15.1 Å². The maximum atomic E-state index is 6.58. The maximum absolute atomic E-state index is 6.58. The number of rotatable bonds is 7. The van der Waals surface area contributed by atoms with Gasteiger partial charge in [-0.2, -0.15) is 0 Å². The number of ether oxygens (including phenoxy) is 1. The Kier molecular flexibility index (Phi) is 5.99. The Morgan fingerprint density at radius 2 is 2.06 bits per heavy atom. The van der Waals surface area contributed by atoms with E-state index in [2.05, 4.69) is 24.2 Å². The van der Waals surface area contributed by atoms with E-state index in [9.17, 15) is 0 Å². The summed E-state index contributed by atoms with van der Waals surface area (Å²) in [6, 6.07) is 20.2. The lowest BCUT2D eigenvalue weighted by atomic mass is 10.0. The molecule has 0 unspecified atom stereocenters. The standard InChI is InChI=1S/C29H27ClN4O2/c1-18(2)20-10-11-22(27(30)15-20)13-23-17-35-33-28(31-23)26-16-24-6-4-12-34(24)32-29(26)36-25-7-3-5-21(14-25)19-8-9-19/h3-7,10-12,14-16,19,23H,1,8-9,13,17H2,2H3,(H,31,33)/t23-/m1/s1. The van der Waals surface area contributed by atoms with Gasteiger partial charge in [0.1, 0.15) is 5.75 Å². The first kappa shape index (κ1) is 22.8. The van der Waals surface area contributed by atoms with Gasteiger partial charge in [0.25, 0.3) is 0 Å². The second-order valence-corrected chi connectivity index (χ2v) is 9.93. The summed E-state index contributed by atoms with van der Waals surface area (Å²) >= 11 is 6.58.